The summed E-state index contributed by atoms with van der Waals surface area (Å²) in [4.78, 5) is 0. The number of hydrogen-bond donors (Lipinski definition) is 1. The van der Waals surface area contributed by atoms with Crippen molar-refractivity contribution in [2.75, 3.05) is 0 Å². The lowest BCUT2D eigenvalue weighted by molar-refractivity contribution is 0.0123. The summed E-state index contributed by atoms with van der Waals surface area (Å²) in [6.45, 7) is 7.19. The van der Waals surface area contributed by atoms with Gasteiger partial charge in [0.05, 0.1) is 0 Å². The van der Waals surface area contributed by atoms with Crippen molar-refractivity contribution in [1.82, 2.24) is 0 Å². The average Bonchev–Trinajstić information content (AvgIpc) is 2.54. The lowest BCUT2D eigenvalue weighted by atomic mass is 9.55. The van der Waals surface area contributed by atoms with E-state index in [1.54, 1.807) is 0 Å². The minimum atomic E-state index is 0.248. The van der Waals surface area contributed by atoms with E-state index in [2.05, 4.69) is 32.9 Å². The van der Waals surface area contributed by atoms with E-state index >= 15 is 0 Å². The Kier molecular flexibility index (Phi) is 6.56. The largest absolute Gasteiger partial charge is 0.508 e. The first-order valence-electron chi connectivity index (χ1n) is 9.78. The van der Waals surface area contributed by atoms with E-state index in [9.17, 15) is 5.11 Å². The second-order valence-corrected chi connectivity index (χ2v) is 8.34. The zero-order valence-corrected chi connectivity index (χ0v) is 15.5. The van der Waals surface area contributed by atoms with Gasteiger partial charge in [-0.1, -0.05) is 83.9 Å². The molecule has 1 nitrogen and oxygen atoms in total. The smallest absolute Gasteiger partial charge is 0.118 e. The minimum absolute atomic E-state index is 0.248. The van der Waals surface area contributed by atoms with E-state index in [1.165, 1.54) is 64.2 Å². The molecule has 0 aliphatic heterocycles. The Hall–Kier alpha value is -0.980. The van der Waals surface area contributed by atoms with Crippen LogP contribution in [0.25, 0.3) is 0 Å². The van der Waals surface area contributed by atoms with Gasteiger partial charge in [-0.25, -0.2) is 0 Å². The van der Waals surface area contributed by atoms with Crippen LogP contribution in [0, 0.1) is 10.8 Å². The predicted octanol–water partition coefficient (Wildman–Crippen LogP) is 6.88. The SMILES string of the molecule is CCCCCCC1(C(C)(C)Cc2ccccc2O)CCCCC1. The van der Waals surface area contributed by atoms with Gasteiger partial charge < -0.3 is 5.11 Å². The fourth-order valence-electron chi connectivity index (χ4n) is 4.71. The van der Waals surface area contributed by atoms with E-state index in [4.69, 9.17) is 0 Å². The third-order valence-corrected chi connectivity index (χ3v) is 6.38. The average molecular weight is 317 g/mol. The molecule has 0 radical (unpaired) electrons. The molecule has 1 heteroatoms. The molecule has 1 N–H and O–H groups in total. The number of benzene rings is 1. The Bertz CT molecular complexity index is 469. The molecule has 0 atom stereocenters. The highest BCUT2D eigenvalue weighted by molar-refractivity contribution is 5.33. The second-order valence-electron chi connectivity index (χ2n) is 8.34. The van der Waals surface area contributed by atoms with Gasteiger partial charge in [0.15, 0.2) is 0 Å². The van der Waals surface area contributed by atoms with Crippen LogP contribution in [0.3, 0.4) is 0 Å². The molecule has 0 saturated heterocycles. The molecular formula is C22H36O. The maximum atomic E-state index is 10.2. The van der Waals surface area contributed by atoms with Crippen molar-refractivity contribution in [2.24, 2.45) is 10.8 Å². The summed E-state index contributed by atoms with van der Waals surface area (Å²) in [5.74, 6) is 0.470. The summed E-state index contributed by atoms with van der Waals surface area (Å²) >= 11 is 0. The van der Waals surface area contributed by atoms with Crippen LogP contribution in [0.2, 0.25) is 0 Å². The van der Waals surface area contributed by atoms with E-state index in [0.29, 0.717) is 11.2 Å². The van der Waals surface area contributed by atoms with E-state index in [0.717, 1.165) is 12.0 Å². The van der Waals surface area contributed by atoms with Gasteiger partial charge in [0.25, 0.3) is 0 Å². The Morgan fingerprint density at radius 3 is 2.35 bits per heavy atom. The molecule has 0 amide bonds. The molecule has 0 aromatic heterocycles. The normalized spacial score (nSPS) is 18.0. The molecule has 0 heterocycles. The molecule has 2 rings (SSSR count). The van der Waals surface area contributed by atoms with Crippen molar-refractivity contribution < 1.29 is 5.11 Å². The zero-order valence-electron chi connectivity index (χ0n) is 15.5. The van der Waals surface area contributed by atoms with Gasteiger partial charge in [-0.2, -0.15) is 0 Å². The highest BCUT2D eigenvalue weighted by atomic mass is 16.3. The van der Waals surface area contributed by atoms with Crippen molar-refractivity contribution in [3.63, 3.8) is 0 Å². The number of para-hydroxylation sites is 1. The van der Waals surface area contributed by atoms with Gasteiger partial charge >= 0.3 is 0 Å². The lowest BCUT2D eigenvalue weighted by Gasteiger charge is -2.50. The third-order valence-electron chi connectivity index (χ3n) is 6.38. The third kappa shape index (κ3) is 4.52. The number of phenolic OH excluding ortho intramolecular Hbond substituents is 1. The quantitative estimate of drug-likeness (QED) is 0.518. The summed E-state index contributed by atoms with van der Waals surface area (Å²) in [6.07, 6.45) is 14.7. The molecule has 0 spiro atoms. The highest BCUT2D eigenvalue weighted by Crippen LogP contribution is 2.54. The molecule has 1 aromatic carbocycles. The molecule has 1 aromatic rings. The minimum Gasteiger partial charge on any atom is -0.508 e. The first-order valence-corrected chi connectivity index (χ1v) is 9.78. The molecule has 1 aliphatic rings. The highest BCUT2D eigenvalue weighted by Gasteiger charge is 2.44. The van der Waals surface area contributed by atoms with Crippen LogP contribution >= 0.6 is 0 Å². The summed E-state index contributed by atoms with van der Waals surface area (Å²) < 4.78 is 0. The van der Waals surface area contributed by atoms with Crippen LogP contribution < -0.4 is 0 Å². The van der Waals surface area contributed by atoms with Crippen LogP contribution in [0.1, 0.15) is 90.5 Å². The summed E-state index contributed by atoms with van der Waals surface area (Å²) in [7, 11) is 0. The van der Waals surface area contributed by atoms with Gasteiger partial charge in [0.2, 0.25) is 0 Å². The van der Waals surface area contributed by atoms with Crippen LogP contribution in [0.4, 0.5) is 0 Å². The van der Waals surface area contributed by atoms with Crippen LogP contribution in [-0.2, 0) is 6.42 Å². The summed E-state index contributed by atoms with van der Waals surface area (Å²) in [5.41, 5.74) is 1.83. The van der Waals surface area contributed by atoms with E-state index in [-0.39, 0.29) is 5.41 Å². The Morgan fingerprint density at radius 1 is 1.00 bits per heavy atom. The van der Waals surface area contributed by atoms with Gasteiger partial charge in [-0.3, -0.25) is 0 Å². The monoisotopic (exact) mass is 316 g/mol. The van der Waals surface area contributed by atoms with Crippen molar-refractivity contribution in [3.8, 4) is 5.75 Å². The van der Waals surface area contributed by atoms with E-state index in [1.807, 2.05) is 12.1 Å². The summed E-state index contributed by atoms with van der Waals surface area (Å²) in [6, 6.07) is 7.91. The van der Waals surface area contributed by atoms with Crippen LogP contribution in [0.5, 0.6) is 5.75 Å². The number of hydrogen-bond acceptors (Lipinski definition) is 1. The van der Waals surface area contributed by atoms with Crippen molar-refractivity contribution in [1.29, 1.82) is 0 Å². The van der Waals surface area contributed by atoms with Crippen LogP contribution in [0.15, 0.2) is 24.3 Å². The van der Waals surface area contributed by atoms with Crippen molar-refractivity contribution in [3.05, 3.63) is 29.8 Å². The first-order chi connectivity index (χ1) is 11.0. The molecule has 0 unspecified atom stereocenters. The molecule has 0 bridgehead atoms. The fourth-order valence-corrected chi connectivity index (χ4v) is 4.71. The maximum Gasteiger partial charge on any atom is 0.118 e. The topological polar surface area (TPSA) is 20.2 Å². The molecule has 23 heavy (non-hydrogen) atoms. The van der Waals surface area contributed by atoms with Crippen LogP contribution in [-0.4, -0.2) is 5.11 Å². The first kappa shape index (κ1) is 18.4. The van der Waals surface area contributed by atoms with Gasteiger partial charge in [0, 0.05) is 0 Å². The van der Waals surface area contributed by atoms with Crippen molar-refractivity contribution >= 4 is 0 Å². The number of phenols is 1. The maximum absolute atomic E-state index is 10.2. The van der Waals surface area contributed by atoms with Gasteiger partial charge in [-0.05, 0) is 48.1 Å². The number of aromatic hydroxyl groups is 1. The van der Waals surface area contributed by atoms with Gasteiger partial charge in [0.1, 0.15) is 5.75 Å². The number of unbranched alkanes of at least 4 members (excludes halogenated alkanes) is 3. The Balaban J connectivity index is 2.13. The lowest BCUT2D eigenvalue weighted by Crippen LogP contribution is -2.41. The molecule has 1 saturated carbocycles. The molecule has 1 fully saturated rings. The zero-order chi connectivity index (χ0) is 16.8. The molecule has 1 aliphatic carbocycles. The Morgan fingerprint density at radius 2 is 1.70 bits per heavy atom. The molecular weight excluding hydrogens is 280 g/mol. The van der Waals surface area contributed by atoms with Crippen molar-refractivity contribution in [2.45, 2.75) is 91.4 Å². The van der Waals surface area contributed by atoms with Gasteiger partial charge in [-0.15, -0.1) is 0 Å². The molecule has 130 valence electrons. The Labute approximate surface area is 143 Å². The predicted molar refractivity (Wildman–Crippen MR) is 99.9 cm³/mol. The fraction of sp³-hybridized carbons (Fsp3) is 0.727. The second kappa shape index (κ2) is 8.22. The number of rotatable bonds is 8. The summed E-state index contributed by atoms with van der Waals surface area (Å²) in [5, 5.41) is 10.2. The van der Waals surface area contributed by atoms with E-state index < -0.39 is 0 Å². The standard InChI is InChI=1S/C22H36O/c1-4-5-6-10-15-22(16-11-7-12-17-22)21(2,3)18-19-13-8-9-14-20(19)23/h8-9,13-14,23H,4-7,10-12,15-18H2,1-3H3.